The van der Waals surface area contributed by atoms with Gasteiger partial charge in [0.15, 0.2) is 0 Å². The first-order valence-electron chi connectivity index (χ1n) is 8.23. The Morgan fingerprint density at radius 3 is 2.27 bits per heavy atom. The summed E-state index contributed by atoms with van der Waals surface area (Å²) < 4.78 is 0. The Morgan fingerprint density at radius 2 is 1.77 bits per heavy atom. The van der Waals surface area contributed by atoms with E-state index in [9.17, 15) is 10.1 Å². The predicted octanol–water partition coefficient (Wildman–Crippen LogP) is 3.95. The molecule has 1 fully saturated rings. The average Bonchev–Trinajstić information content (AvgIpc) is 2.58. The fourth-order valence-corrected chi connectivity index (χ4v) is 3.14. The van der Waals surface area contributed by atoms with E-state index in [1.165, 1.54) is 0 Å². The van der Waals surface area contributed by atoms with E-state index in [-0.39, 0.29) is 5.91 Å². The molecule has 0 bridgehead atoms. The van der Waals surface area contributed by atoms with Crippen LogP contribution in [0.15, 0.2) is 24.3 Å². The molecule has 1 aliphatic carbocycles. The Labute approximate surface area is 133 Å². The number of benzene rings is 1. The van der Waals surface area contributed by atoms with Gasteiger partial charge in [0.25, 0.3) is 0 Å². The molecule has 0 spiro atoms. The van der Waals surface area contributed by atoms with Crippen LogP contribution in [0, 0.1) is 16.7 Å². The number of rotatable bonds is 5. The number of hydrogen-bond donors (Lipinski definition) is 1. The fraction of sp³-hybridized carbons (Fsp3) is 0.556. The first-order chi connectivity index (χ1) is 10.6. The maximum atomic E-state index is 12.5. The van der Waals surface area contributed by atoms with Crippen molar-refractivity contribution in [2.75, 3.05) is 23.3 Å². The molecule has 4 heteroatoms. The molecule has 118 valence electrons. The Bertz CT molecular complexity index is 534. The standard InChI is InChI=1S/C18H25N3O/c1-3-21(4-2)16-10-8-15(9-11-16)20-17(22)18(14-19)12-6-5-7-13-18/h8-11H,3-7,12-13H2,1-2H3,(H,20,22). The molecule has 22 heavy (non-hydrogen) atoms. The first-order valence-corrected chi connectivity index (χ1v) is 8.23. The van der Waals surface area contributed by atoms with Crippen molar-refractivity contribution in [1.82, 2.24) is 0 Å². The van der Waals surface area contributed by atoms with Crippen LogP contribution < -0.4 is 10.2 Å². The van der Waals surface area contributed by atoms with Crippen LogP contribution in [-0.4, -0.2) is 19.0 Å². The summed E-state index contributed by atoms with van der Waals surface area (Å²) in [5, 5.41) is 12.4. The van der Waals surface area contributed by atoms with Crippen LogP contribution in [0.1, 0.15) is 46.0 Å². The summed E-state index contributed by atoms with van der Waals surface area (Å²) in [4.78, 5) is 14.8. The molecule has 2 rings (SSSR count). The van der Waals surface area contributed by atoms with Crippen LogP contribution in [0.5, 0.6) is 0 Å². The van der Waals surface area contributed by atoms with Crippen LogP contribution in [0.4, 0.5) is 11.4 Å². The Kier molecular flexibility index (Phi) is 5.43. The summed E-state index contributed by atoms with van der Waals surface area (Å²) in [6, 6.07) is 10.1. The molecule has 1 aliphatic rings. The predicted molar refractivity (Wildman–Crippen MR) is 89.8 cm³/mol. The summed E-state index contributed by atoms with van der Waals surface area (Å²) in [6.07, 6.45) is 4.39. The highest BCUT2D eigenvalue weighted by Crippen LogP contribution is 2.36. The van der Waals surface area contributed by atoms with E-state index in [1.54, 1.807) is 0 Å². The topological polar surface area (TPSA) is 56.1 Å². The number of anilines is 2. The molecular weight excluding hydrogens is 274 g/mol. The van der Waals surface area contributed by atoms with Gasteiger partial charge in [-0.25, -0.2) is 0 Å². The Morgan fingerprint density at radius 1 is 1.18 bits per heavy atom. The minimum absolute atomic E-state index is 0.148. The fourth-order valence-electron chi connectivity index (χ4n) is 3.14. The van der Waals surface area contributed by atoms with Crippen molar-refractivity contribution in [3.05, 3.63) is 24.3 Å². The van der Waals surface area contributed by atoms with E-state index in [4.69, 9.17) is 0 Å². The maximum absolute atomic E-state index is 12.5. The zero-order valence-electron chi connectivity index (χ0n) is 13.6. The van der Waals surface area contributed by atoms with Crippen molar-refractivity contribution >= 4 is 17.3 Å². The van der Waals surface area contributed by atoms with E-state index in [2.05, 4.69) is 30.1 Å². The van der Waals surface area contributed by atoms with Gasteiger partial charge in [-0.05, 0) is 51.0 Å². The summed E-state index contributed by atoms with van der Waals surface area (Å²) in [5.41, 5.74) is 1.08. The Balaban J connectivity index is 2.07. The van der Waals surface area contributed by atoms with Gasteiger partial charge in [0, 0.05) is 24.5 Å². The smallest absolute Gasteiger partial charge is 0.244 e. The average molecular weight is 299 g/mol. The molecular formula is C18H25N3O. The third-order valence-corrected chi connectivity index (χ3v) is 4.61. The molecule has 1 amide bonds. The van der Waals surface area contributed by atoms with Gasteiger partial charge in [0.05, 0.1) is 6.07 Å². The molecule has 1 saturated carbocycles. The molecule has 0 aromatic heterocycles. The van der Waals surface area contributed by atoms with Gasteiger partial charge in [-0.2, -0.15) is 5.26 Å². The van der Waals surface area contributed by atoms with Gasteiger partial charge >= 0.3 is 0 Å². The van der Waals surface area contributed by atoms with E-state index in [0.717, 1.165) is 43.7 Å². The second kappa shape index (κ2) is 7.31. The molecule has 0 aliphatic heterocycles. The van der Waals surface area contributed by atoms with Gasteiger partial charge in [0.2, 0.25) is 5.91 Å². The number of amides is 1. The van der Waals surface area contributed by atoms with Crippen LogP contribution in [0.3, 0.4) is 0 Å². The van der Waals surface area contributed by atoms with Crippen molar-refractivity contribution in [2.45, 2.75) is 46.0 Å². The van der Waals surface area contributed by atoms with E-state index < -0.39 is 5.41 Å². The second-order valence-corrected chi connectivity index (χ2v) is 5.93. The van der Waals surface area contributed by atoms with Crippen molar-refractivity contribution in [1.29, 1.82) is 5.26 Å². The highest BCUT2D eigenvalue weighted by atomic mass is 16.2. The van der Waals surface area contributed by atoms with Gasteiger partial charge in [-0.3, -0.25) is 4.79 Å². The molecule has 1 aromatic rings. The van der Waals surface area contributed by atoms with Crippen molar-refractivity contribution in [3.63, 3.8) is 0 Å². The summed E-state index contributed by atoms with van der Waals surface area (Å²) in [5.74, 6) is -0.148. The number of carbonyl (C=O) groups is 1. The highest BCUT2D eigenvalue weighted by Gasteiger charge is 2.39. The first kappa shape index (κ1) is 16.4. The number of nitrogens with one attached hydrogen (secondary N) is 1. The van der Waals surface area contributed by atoms with Crippen molar-refractivity contribution in [3.8, 4) is 6.07 Å². The number of nitrogens with zero attached hydrogens (tertiary/aromatic N) is 2. The number of hydrogen-bond acceptors (Lipinski definition) is 3. The molecule has 0 heterocycles. The van der Waals surface area contributed by atoms with Crippen LogP contribution in [0.2, 0.25) is 0 Å². The van der Waals surface area contributed by atoms with Crippen LogP contribution in [0.25, 0.3) is 0 Å². The lowest BCUT2D eigenvalue weighted by Gasteiger charge is -2.29. The molecule has 0 unspecified atom stereocenters. The minimum atomic E-state index is -0.838. The van der Waals surface area contributed by atoms with Gasteiger partial charge in [-0.1, -0.05) is 19.3 Å². The molecule has 4 nitrogen and oxygen atoms in total. The zero-order chi connectivity index (χ0) is 16.0. The summed E-state index contributed by atoms with van der Waals surface area (Å²) >= 11 is 0. The molecule has 0 radical (unpaired) electrons. The van der Waals surface area contributed by atoms with E-state index in [1.807, 2.05) is 24.3 Å². The molecule has 0 atom stereocenters. The minimum Gasteiger partial charge on any atom is -0.372 e. The van der Waals surface area contributed by atoms with Gasteiger partial charge in [0.1, 0.15) is 5.41 Å². The largest absolute Gasteiger partial charge is 0.372 e. The highest BCUT2D eigenvalue weighted by molar-refractivity contribution is 5.97. The molecule has 0 saturated heterocycles. The maximum Gasteiger partial charge on any atom is 0.244 e. The van der Waals surface area contributed by atoms with Crippen LogP contribution in [-0.2, 0) is 4.79 Å². The number of nitriles is 1. The third kappa shape index (κ3) is 3.41. The van der Waals surface area contributed by atoms with E-state index >= 15 is 0 Å². The van der Waals surface area contributed by atoms with Crippen LogP contribution >= 0.6 is 0 Å². The monoisotopic (exact) mass is 299 g/mol. The lowest BCUT2D eigenvalue weighted by molar-refractivity contribution is -0.124. The van der Waals surface area contributed by atoms with E-state index in [0.29, 0.717) is 12.8 Å². The summed E-state index contributed by atoms with van der Waals surface area (Å²) in [6.45, 7) is 6.16. The van der Waals surface area contributed by atoms with Gasteiger partial charge < -0.3 is 10.2 Å². The van der Waals surface area contributed by atoms with Gasteiger partial charge in [-0.15, -0.1) is 0 Å². The number of carbonyl (C=O) groups excluding carboxylic acids is 1. The SMILES string of the molecule is CCN(CC)c1ccc(NC(=O)C2(C#N)CCCCC2)cc1. The third-order valence-electron chi connectivity index (χ3n) is 4.61. The normalized spacial score (nSPS) is 16.6. The molecule has 1 N–H and O–H groups in total. The van der Waals surface area contributed by atoms with Crippen molar-refractivity contribution in [2.24, 2.45) is 5.41 Å². The Hall–Kier alpha value is -2.02. The zero-order valence-corrected chi connectivity index (χ0v) is 13.6. The lowest BCUT2D eigenvalue weighted by atomic mass is 9.74. The quantitative estimate of drug-likeness (QED) is 0.895. The lowest BCUT2D eigenvalue weighted by Crippen LogP contribution is -2.36. The van der Waals surface area contributed by atoms with Crippen molar-refractivity contribution < 1.29 is 4.79 Å². The second-order valence-electron chi connectivity index (χ2n) is 5.93. The summed E-state index contributed by atoms with van der Waals surface area (Å²) in [7, 11) is 0. The molecule has 1 aromatic carbocycles.